The predicted octanol–water partition coefficient (Wildman–Crippen LogP) is -0.898. The van der Waals surface area contributed by atoms with Crippen LogP contribution in [0.1, 0.15) is 13.8 Å². The number of carboxylic acid groups (broad SMARTS) is 1. The molecule has 13 heavy (non-hydrogen) atoms. The maximum Gasteiger partial charge on any atom is 0.332 e. The van der Waals surface area contributed by atoms with Crippen molar-refractivity contribution in [2.24, 2.45) is 11.7 Å². The normalized spacial score (nSPS) is 12.6. The molecule has 0 spiro atoms. The molecule has 1 amide bonds. The van der Waals surface area contributed by atoms with Crippen LogP contribution in [-0.4, -0.2) is 29.6 Å². The van der Waals surface area contributed by atoms with E-state index in [-0.39, 0.29) is 5.92 Å². The maximum atomic E-state index is 11.0. The number of carbonyl (C=O) groups excluding carboxylic acids is 1. The Morgan fingerprint density at radius 2 is 2.08 bits per heavy atom. The molecule has 0 bridgehead atoms. The Balaban J connectivity index is 3.68. The Labute approximate surface area is 76.0 Å². The van der Waals surface area contributed by atoms with Crippen LogP contribution in [0.3, 0.4) is 0 Å². The topological polar surface area (TPSA) is 102 Å². The largest absolute Gasteiger partial charge is 0.479 e. The van der Waals surface area contributed by atoms with Crippen LogP contribution in [0.25, 0.3) is 0 Å². The van der Waals surface area contributed by atoms with Crippen molar-refractivity contribution in [2.45, 2.75) is 19.9 Å². The highest BCUT2D eigenvalue weighted by atomic mass is 16.7. The van der Waals surface area contributed by atoms with Gasteiger partial charge in [-0.3, -0.25) is 9.63 Å². The molecule has 0 saturated heterocycles. The standard InChI is InChI=1S/C7H14N2O4/c1-4(2)6(8)7(12)9-13-3-5(10)11/h4,6H,3,8H2,1-2H3,(H,9,12)(H,10,11)/t6-/m0/s1. The van der Waals surface area contributed by atoms with Gasteiger partial charge in [0.15, 0.2) is 6.61 Å². The molecule has 0 aromatic rings. The second-order valence-corrected chi connectivity index (χ2v) is 2.92. The second kappa shape index (κ2) is 5.50. The molecule has 0 aromatic carbocycles. The van der Waals surface area contributed by atoms with E-state index in [1.54, 1.807) is 13.8 Å². The number of nitrogens with one attached hydrogen (secondary N) is 1. The lowest BCUT2D eigenvalue weighted by atomic mass is 10.1. The van der Waals surface area contributed by atoms with Crippen LogP contribution in [0.4, 0.5) is 0 Å². The lowest BCUT2D eigenvalue weighted by molar-refractivity contribution is -0.150. The Kier molecular flexibility index (Phi) is 5.01. The van der Waals surface area contributed by atoms with E-state index in [4.69, 9.17) is 10.8 Å². The predicted molar refractivity (Wildman–Crippen MR) is 44.5 cm³/mol. The zero-order valence-electron chi connectivity index (χ0n) is 7.61. The van der Waals surface area contributed by atoms with Gasteiger partial charge in [0, 0.05) is 0 Å². The van der Waals surface area contributed by atoms with E-state index in [1.165, 1.54) is 0 Å². The lowest BCUT2D eigenvalue weighted by Gasteiger charge is -2.14. The molecule has 0 aliphatic carbocycles. The molecule has 0 fully saturated rings. The van der Waals surface area contributed by atoms with Gasteiger partial charge in [0.2, 0.25) is 0 Å². The zero-order valence-corrected chi connectivity index (χ0v) is 7.61. The maximum absolute atomic E-state index is 11.0. The minimum atomic E-state index is -1.15. The van der Waals surface area contributed by atoms with Crippen molar-refractivity contribution in [3.8, 4) is 0 Å². The molecule has 0 radical (unpaired) electrons. The monoisotopic (exact) mass is 190 g/mol. The molecule has 6 heteroatoms. The van der Waals surface area contributed by atoms with E-state index < -0.39 is 24.5 Å². The van der Waals surface area contributed by atoms with Gasteiger partial charge in [0.25, 0.3) is 5.91 Å². The van der Waals surface area contributed by atoms with Crippen molar-refractivity contribution >= 4 is 11.9 Å². The van der Waals surface area contributed by atoms with Crippen LogP contribution >= 0.6 is 0 Å². The van der Waals surface area contributed by atoms with Crippen LogP contribution in [0.2, 0.25) is 0 Å². The molecule has 76 valence electrons. The summed E-state index contributed by atoms with van der Waals surface area (Å²) in [5.41, 5.74) is 7.39. The summed E-state index contributed by atoms with van der Waals surface area (Å²) in [5, 5.41) is 8.17. The fraction of sp³-hybridized carbons (Fsp3) is 0.714. The molecule has 0 aromatic heterocycles. The highest BCUT2D eigenvalue weighted by Gasteiger charge is 2.17. The zero-order chi connectivity index (χ0) is 10.4. The average Bonchev–Trinajstić information content (AvgIpc) is 2.02. The summed E-state index contributed by atoms with van der Waals surface area (Å²) in [4.78, 5) is 25.3. The van der Waals surface area contributed by atoms with Gasteiger partial charge in [-0.1, -0.05) is 13.8 Å². The number of rotatable bonds is 5. The van der Waals surface area contributed by atoms with Gasteiger partial charge in [-0.15, -0.1) is 0 Å². The van der Waals surface area contributed by atoms with E-state index in [9.17, 15) is 9.59 Å². The van der Waals surface area contributed by atoms with Gasteiger partial charge in [-0.2, -0.15) is 0 Å². The molecule has 0 saturated carbocycles. The number of hydroxylamine groups is 1. The van der Waals surface area contributed by atoms with Crippen molar-refractivity contribution in [2.75, 3.05) is 6.61 Å². The van der Waals surface area contributed by atoms with Crippen LogP contribution in [0.5, 0.6) is 0 Å². The molecule has 0 aliphatic rings. The minimum Gasteiger partial charge on any atom is -0.479 e. The number of hydrogen-bond acceptors (Lipinski definition) is 4. The summed E-state index contributed by atoms with van der Waals surface area (Å²) in [7, 11) is 0. The molecule has 6 nitrogen and oxygen atoms in total. The van der Waals surface area contributed by atoms with E-state index in [1.807, 2.05) is 5.48 Å². The summed E-state index contributed by atoms with van der Waals surface area (Å²) in [6.07, 6.45) is 0. The Morgan fingerprint density at radius 3 is 2.46 bits per heavy atom. The number of amides is 1. The third kappa shape index (κ3) is 5.15. The lowest BCUT2D eigenvalue weighted by Crippen LogP contribution is -2.44. The fourth-order valence-electron chi connectivity index (χ4n) is 0.540. The van der Waals surface area contributed by atoms with E-state index in [2.05, 4.69) is 4.84 Å². The summed E-state index contributed by atoms with van der Waals surface area (Å²) < 4.78 is 0. The van der Waals surface area contributed by atoms with Crippen molar-refractivity contribution < 1.29 is 19.5 Å². The number of hydrogen-bond donors (Lipinski definition) is 3. The third-order valence-corrected chi connectivity index (χ3v) is 1.39. The third-order valence-electron chi connectivity index (χ3n) is 1.39. The van der Waals surface area contributed by atoms with Crippen LogP contribution in [0, 0.1) is 5.92 Å². The van der Waals surface area contributed by atoms with E-state index in [0.717, 1.165) is 0 Å². The van der Waals surface area contributed by atoms with Crippen LogP contribution < -0.4 is 11.2 Å². The fourth-order valence-corrected chi connectivity index (χ4v) is 0.540. The quantitative estimate of drug-likeness (QED) is 0.488. The summed E-state index contributed by atoms with van der Waals surface area (Å²) in [6, 6.07) is -0.686. The van der Waals surface area contributed by atoms with Crippen molar-refractivity contribution in [3.63, 3.8) is 0 Å². The van der Waals surface area contributed by atoms with Gasteiger partial charge < -0.3 is 10.8 Å². The van der Waals surface area contributed by atoms with Gasteiger partial charge in [-0.05, 0) is 5.92 Å². The first-order valence-corrected chi connectivity index (χ1v) is 3.84. The summed E-state index contributed by atoms with van der Waals surface area (Å²) >= 11 is 0. The Hall–Kier alpha value is -1.14. The molecule has 0 rings (SSSR count). The SMILES string of the molecule is CC(C)[C@H](N)C(=O)NOCC(=O)O. The average molecular weight is 190 g/mol. The second-order valence-electron chi connectivity index (χ2n) is 2.92. The van der Waals surface area contributed by atoms with Gasteiger partial charge in [0.05, 0.1) is 6.04 Å². The molecule has 1 atom stereocenters. The van der Waals surface area contributed by atoms with Gasteiger partial charge in [0.1, 0.15) is 0 Å². The number of nitrogens with two attached hydrogens (primary N) is 1. The van der Waals surface area contributed by atoms with Gasteiger partial charge >= 0.3 is 5.97 Å². The molecule has 0 aliphatic heterocycles. The summed E-state index contributed by atoms with van der Waals surface area (Å²) in [5.74, 6) is -1.69. The van der Waals surface area contributed by atoms with Crippen molar-refractivity contribution in [1.29, 1.82) is 0 Å². The highest BCUT2D eigenvalue weighted by Crippen LogP contribution is 1.97. The molecule has 0 unspecified atom stereocenters. The van der Waals surface area contributed by atoms with Gasteiger partial charge in [-0.25, -0.2) is 10.3 Å². The first-order chi connectivity index (χ1) is 5.95. The minimum absolute atomic E-state index is 0.0200. The number of carbonyl (C=O) groups is 2. The van der Waals surface area contributed by atoms with Crippen molar-refractivity contribution in [1.82, 2.24) is 5.48 Å². The van der Waals surface area contributed by atoms with E-state index >= 15 is 0 Å². The first kappa shape index (κ1) is 11.9. The number of carboxylic acids is 1. The smallest absolute Gasteiger partial charge is 0.332 e. The molecule has 0 heterocycles. The molecular formula is C7H14N2O4. The van der Waals surface area contributed by atoms with Crippen LogP contribution in [-0.2, 0) is 14.4 Å². The Morgan fingerprint density at radius 1 is 1.54 bits per heavy atom. The Bertz CT molecular complexity index is 193. The van der Waals surface area contributed by atoms with E-state index in [0.29, 0.717) is 0 Å². The first-order valence-electron chi connectivity index (χ1n) is 3.84. The number of aliphatic carboxylic acids is 1. The van der Waals surface area contributed by atoms with Crippen molar-refractivity contribution in [3.05, 3.63) is 0 Å². The summed E-state index contributed by atoms with van der Waals surface area (Å²) in [6.45, 7) is 2.99. The molecular weight excluding hydrogens is 176 g/mol. The highest BCUT2D eigenvalue weighted by molar-refractivity contribution is 5.80. The molecule has 4 N–H and O–H groups in total. The van der Waals surface area contributed by atoms with Crippen LogP contribution in [0.15, 0.2) is 0 Å².